The number of nitrogens with zero attached hydrogens (tertiary/aromatic N) is 8. The van der Waals surface area contributed by atoms with E-state index >= 15 is 0 Å². The van der Waals surface area contributed by atoms with Crippen molar-refractivity contribution in [2.75, 3.05) is 51.3 Å². The summed E-state index contributed by atoms with van der Waals surface area (Å²) >= 11 is 0. The molecule has 5 heterocycles. The number of aliphatic hydroxyl groups is 1. The Balaban J connectivity index is 1.21. The summed E-state index contributed by atoms with van der Waals surface area (Å²) in [5.74, 6) is 1.62. The van der Waals surface area contributed by atoms with Crippen molar-refractivity contribution in [1.29, 1.82) is 5.26 Å². The molecule has 3 aromatic rings. The van der Waals surface area contributed by atoms with E-state index in [0.29, 0.717) is 18.0 Å². The third kappa shape index (κ3) is 6.45. The number of aliphatic hydroxyl groups excluding tert-OH is 1. The number of methoxy groups -OCH3 is 1. The number of allylic oxidation sites excluding steroid dienone is 1. The third-order valence-corrected chi connectivity index (χ3v) is 7.27. The van der Waals surface area contributed by atoms with Gasteiger partial charge in [-0.15, -0.1) is 0 Å². The van der Waals surface area contributed by atoms with Crippen molar-refractivity contribution in [3.63, 3.8) is 0 Å². The molecule has 2 aliphatic rings. The van der Waals surface area contributed by atoms with E-state index in [2.05, 4.69) is 49.1 Å². The van der Waals surface area contributed by atoms with Crippen molar-refractivity contribution in [2.45, 2.75) is 26.0 Å². The summed E-state index contributed by atoms with van der Waals surface area (Å²) in [5, 5.41) is 23.7. The van der Waals surface area contributed by atoms with Crippen LogP contribution in [0.15, 0.2) is 54.6 Å². The summed E-state index contributed by atoms with van der Waals surface area (Å²) < 4.78 is 6.87. The molecular formula is C29H34N8O2. The Hall–Kier alpha value is -4.20. The first-order chi connectivity index (χ1) is 19.0. The van der Waals surface area contributed by atoms with Gasteiger partial charge in [-0.1, -0.05) is 12.1 Å². The fourth-order valence-electron chi connectivity index (χ4n) is 4.88. The summed E-state index contributed by atoms with van der Waals surface area (Å²) in [7, 11) is 1.63. The van der Waals surface area contributed by atoms with Gasteiger partial charge in [-0.2, -0.15) is 10.4 Å². The SMILES string of the molecule is COc1ccc(CN2CCN(c3ccc(/C=C/C(=C\n4ncc(C#N)c4C)N4CCC(O)C4)cn3)CC2)cn1. The normalized spacial score (nSPS) is 18.6. The van der Waals surface area contributed by atoms with Crippen molar-refractivity contribution in [2.24, 2.45) is 0 Å². The number of aromatic nitrogens is 4. The predicted molar refractivity (Wildman–Crippen MR) is 150 cm³/mol. The lowest BCUT2D eigenvalue weighted by Gasteiger charge is -2.35. The first-order valence-electron chi connectivity index (χ1n) is 13.2. The Morgan fingerprint density at radius 1 is 1.10 bits per heavy atom. The number of likely N-dealkylation sites (tertiary alicyclic amines) is 1. The van der Waals surface area contributed by atoms with Crippen molar-refractivity contribution in [1.82, 2.24) is 29.5 Å². The minimum absolute atomic E-state index is 0.343. The molecule has 1 N–H and O–H groups in total. The second kappa shape index (κ2) is 12.1. The maximum absolute atomic E-state index is 10.1. The number of β-amino-alcohol motifs (C(OH)–C–C–N with tert-alkyl or cyclic N) is 1. The van der Waals surface area contributed by atoms with E-state index in [9.17, 15) is 10.4 Å². The zero-order valence-electron chi connectivity index (χ0n) is 22.4. The topological polar surface area (TPSA) is 107 Å². The number of ether oxygens (including phenoxy) is 1. The van der Waals surface area contributed by atoms with E-state index in [4.69, 9.17) is 9.72 Å². The van der Waals surface area contributed by atoms with E-state index in [1.807, 2.05) is 43.7 Å². The highest BCUT2D eigenvalue weighted by atomic mass is 16.5. The van der Waals surface area contributed by atoms with Crippen LogP contribution in [0.25, 0.3) is 12.3 Å². The van der Waals surface area contributed by atoms with Crippen LogP contribution in [-0.4, -0.2) is 87.1 Å². The van der Waals surface area contributed by atoms with Gasteiger partial charge in [0.05, 0.1) is 42.6 Å². The Morgan fingerprint density at radius 2 is 1.95 bits per heavy atom. The second-order valence-corrected chi connectivity index (χ2v) is 9.90. The molecule has 0 amide bonds. The summed E-state index contributed by atoms with van der Waals surface area (Å²) in [5.41, 5.74) is 4.44. The average Bonchev–Trinajstić information content (AvgIpc) is 3.56. The maximum Gasteiger partial charge on any atom is 0.212 e. The van der Waals surface area contributed by atoms with Gasteiger partial charge in [-0.05, 0) is 42.7 Å². The largest absolute Gasteiger partial charge is 0.481 e. The van der Waals surface area contributed by atoms with Crippen molar-refractivity contribution in [3.8, 4) is 11.9 Å². The molecule has 0 saturated carbocycles. The Bertz CT molecular complexity index is 1350. The molecule has 2 fully saturated rings. The van der Waals surface area contributed by atoms with Gasteiger partial charge in [0.1, 0.15) is 11.9 Å². The molecule has 0 radical (unpaired) electrons. The molecule has 0 aromatic carbocycles. The van der Waals surface area contributed by atoms with E-state index < -0.39 is 0 Å². The Labute approximate surface area is 229 Å². The van der Waals surface area contributed by atoms with Crippen LogP contribution in [0.1, 0.15) is 28.8 Å². The fraction of sp³-hybridized carbons (Fsp3) is 0.379. The lowest BCUT2D eigenvalue weighted by molar-refractivity contribution is 0.184. The molecule has 2 aliphatic heterocycles. The van der Waals surface area contributed by atoms with Crippen molar-refractivity contribution >= 4 is 18.1 Å². The first-order valence-corrected chi connectivity index (χ1v) is 13.2. The van der Waals surface area contributed by atoms with Gasteiger partial charge in [0.25, 0.3) is 0 Å². The molecule has 0 bridgehead atoms. The lowest BCUT2D eigenvalue weighted by atomic mass is 10.2. The Kier molecular flexibility index (Phi) is 8.20. The Morgan fingerprint density at radius 3 is 2.56 bits per heavy atom. The summed E-state index contributed by atoms with van der Waals surface area (Å²) in [4.78, 5) is 15.9. The molecule has 1 unspecified atom stereocenters. The monoisotopic (exact) mass is 526 g/mol. The summed E-state index contributed by atoms with van der Waals surface area (Å²) in [6.45, 7) is 7.86. The smallest absolute Gasteiger partial charge is 0.212 e. The minimum atomic E-state index is -0.343. The van der Waals surface area contributed by atoms with Crippen LogP contribution < -0.4 is 9.64 Å². The molecule has 39 heavy (non-hydrogen) atoms. The molecule has 3 aromatic heterocycles. The van der Waals surface area contributed by atoms with Crippen LogP contribution in [0.3, 0.4) is 0 Å². The molecule has 1 atom stereocenters. The van der Waals surface area contributed by atoms with Gasteiger partial charge in [-0.3, -0.25) is 4.90 Å². The average molecular weight is 527 g/mol. The summed E-state index contributed by atoms with van der Waals surface area (Å²) in [6.07, 6.45) is 11.7. The number of anilines is 1. The van der Waals surface area contributed by atoms with Crippen molar-refractivity contribution < 1.29 is 9.84 Å². The third-order valence-electron chi connectivity index (χ3n) is 7.27. The predicted octanol–water partition coefficient (Wildman–Crippen LogP) is 2.76. The highest BCUT2D eigenvalue weighted by molar-refractivity contribution is 5.57. The molecule has 10 nitrogen and oxygen atoms in total. The van der Waals surface area contributed by atoms with E-state index in [1.54, 1.807) is 18.0 Å². The fourth-order valence-corrected chi connectivity index (χ4v) is 4.88. The van der Waals surface area contributed by atoms with Crippen LogP contribution >= 0.6 is 0 Å². The molecule has 5 rings (SSSR count). The molecule has 2 saturated heterocycles. The van der Waals surface area contributed by atoms with Crippen LogP contribution in [0.4, 0.5) is 5.82 Å². The zero-order valence-corrected chi connectivity index (χ0v) is 22.4. The van der Waals surface area contributed by atoms with Gasteiger partial charge in [-0.25, -0.2) is 14.6 Å². The van der Waals surface area contributed by atoms with E-state index in [1.165, 1.54) is 5.56 Å². The van der Waals surface area contributed by atoms with Crippen LogP contribution in [0, 0.1) is 18.3 Å². The number of pyridine rings is 2. The van der Waals surface area contributed by atoms with Crippen LogP contribution in [0.5, 0.6) is 5.88 Å². The molecule has 0 aliphatic carbocycles. The van der Waals surface area contributed by atoms with Gasteiger partial charge in [0.2, 0.25) is 5.88 Å². The minimum Gasteiger partial charge on any atom is -0.481 e. The number of hydrogen-bond acceptors (Lipinski definition) is 9. The molecule has 10 heteroatoms. The van der Waals surface area contributed by atoms with Gasteiger partial charge in [0, 0.05) is 64.3 Å². The zero-order chi connectivity index (χ0) is 27.2. The highest BCUT2D eigenvalue weighted by Crippen LogP contribution is 2.21. The molecule has 0 spiro atoms. The van der Waals surface area contributed by atoms with E-state index in [0.717, 1.165) is 68.5 Å². The summed E-state index contributed by atoms with van der Waals surface area (Å²) in [6, 6.07) is 10.3. The van der Waals surface area contributed by atoms with Crippen molar-refractivity contribution in [3.05, 3.63) is 77.0 Å². The molecular weight excluding hydrogens is 492 g/mol. The lowest BCUT2D eigenvalue weighted by Crippen LogP contribution is -2.46. The maximum atomic E-state index is 10.1. The van der Waals surface area contributed by atoms with Gasteiger partial charge in [0.15, 0.2) is 0 Å². The quantitative estimate of drug-likeness (QED) is 0.444. The van der Waals surface area contributed by atoms with Crippen LogP contribution in [-0.2, 0) is 6.54 Å². The first kappa shape index (κ1) is 26.4. The number of hydrogen-bond donors (Lipinski definition) is 1. The van der Waals surface area contributed by atoms with Gasteiger partial charge >= 0.3 is 0 Å². The number of piperazine rings is 1. The number of nitriles is 1. The number of rotatable bonds is 8. The molecule has 202 valence electrons. The van der Waals surface area contributed by atoms with Crippen LogP contribution in [0.2, 0.25) is 0 Å². The second-order valence-electron chi connectivity index (χ2n) is 9.90. The van der Waals surface area contributed by atoms with E-state index in [-0.39, 0.29) is 6.10 Å². The van der Waals surface area contributed by atoms with Gasteiger partial charge < -0.3 is 19.6 Å². The standard InChI is InChI=1S/C29H34N8O2/c1-22-25(15-30)18-33-37(22)20-26(36-10-9-27(38)21-36)6-3-23-4-7-28(31-16-23)35-13-11-34(12-14-35)19-24-5-8-29(39-2)32-17-24/h3-8,16-18,20,27,38H,9-14,19,21H2,1-2H3/b6-3+,26-20+. The highest BCUT2D eigenvalue weighted by Gasteiger charge is 2.22.